The highest BCUT2D eigenvalue weighted by atomic mass is 32.2. The van der Waals surface area contributed by atoms with Crippen LogP contribution in [0.1, 0.15) is 12.2 Å². The molecule has 0 saturated carbocycles. The molecule has 0 saturated heterocycles. The van der Waals surface area contributed by atoms with Gasteiger partial charge in [0.2, 0.25) is 0 Å². The zero-order valence-electron chi connectivity index (χ0n) is 7.51. The van der Waals surface area contributed by atoms with Crippen LogP contribution in [0.3, 0.4) is 0 Å². The molecule has 0 spiro atoms. The van der Waals surface area contributed by atoms with E-state index in [1.54, 1.807) is 10.9 Å². The molecule has 7 heteroatoms. The van der Waals surface area contributed by atoms with Crippen LogP contribution >= 0.6 is 0 Å². The molecule has 1 unspecified atom stereocenters. The molecule has 6 nitrogen and oxygen atoms in total. The van der Waals surface area contributed by atoms with Gasteiger partial charge < -0.3 is 5.73 Å². The Morgan fingerprint density at radius 3 is 3.00 bits per heavy atom. The second-order valence-corrected chi connectivity index (χ2v) is 4.21. The summed E-state index contributed by atoms with van der Waals surface area (Å²) in [4.78, 5) is 0. The molecule has 0 fully saturated rings. The van der Waals surface area contributed by atoms with Crippen LogP contribution in [-0.4, -0.2) is 36.4 Å². The Balaban J connectivity index is 2.40. The molecule has 74 valence electrons. The molecular weight excluding hydrogens is 190 g/mol. The summed E-state index contributed by atoms with van der Waals surface area (Å²) in [5.74, 6) is 1.34. The molecule has 0 aliphatic carbocycles. The van der Waals surface area contributed by atoms with E-state index < -0.39 is 10.8 Å². The number of aryl methyl sites for hydroxylation is 1. The van der Waals surface area contributed by atoms with Crippen LogP contribution in [0.5, 0.6) is 0 Å². The average Bonchev–Trinajstić information content (AvgIpc) is 2.51. The van der Waals surface area contributed by atoms with Crippen molar-refractivity contribution >= 4 is 10.8 Å². The molecule has 0 bridgehead atoms. The number of aromatic nitrogens is 4. The molecule has 1 aromatic rings. The fourth-order valence-electron chi connectivity index (χ4n) is 0.961. The van der Waals surface area contributed by atoms with Crippen molar-refractivity contribution in [3.05, 3.63) is 5.82 Å². The Bertz CT molecular complexity index is 286. The van der Waals surface area contributed by atoms with Crippen LogP contribution in [-0.2, 0) is 23.9 Å². The predicted octanol–water partition coefficient (Wildman–Crippen LogP) is -1.10. The number of rotatable bonds is 5. The molecule has 1 aromatic heterocycles. The molecule has 0 aliphatic heterocycles. The standard InChI is InChI=1S/C6H13N5OS/c1-13(12)4-2-3-11-6(5-7)8-9-10-11/h2-5,7H2,1H3. The van der Waals surface area contributed by atoms with E-state index in [4.69, 9.17) is 5.73 Å². The first kappa shape index (κ1) is 10.3. The monoisotopic (exact) mass is 203 g/mol. The van der Waals surface area contributed by atoms with Crippen molar-refractivity contribution in [1.29, 1.82) is 0 Å². The topological polar surface area (TPSA) is 86.7 Å². The summed E-state index contributed by atoms with van der Waals surface area (Å²) in [6, 6.07) is 0. The lowest BCUT2D eigenvalue weighted by molar-refractivity contribution is 0.556. The summed E-state index contributed by atoms with van der Waals surface area (Å²) in [5.41, 5.74) is 5.40. The van der Waals surface area contributed by atoms with Crippen LogP contribution in [0.4, 0.5) is 0 Å². The Morgan fingerprint density at radius 1 is 1.62 bits per heavy atom. The number of nitrogens with two attached hydrogens (primary N) is 1. The quantitative estimate of drug-likeness (QED) is 0.656. The van der Waals surface area contributed by atoms with Gasteiger partial charge in [-0.05, 0) is 16.8 Å². The fourth-order valence-corrected chi connectivity index (χ4v) is 1.50. The zero-order chi connectivity index (χ0) is 9.68. The largest absolute Gasteiger partial charge is 0.324 e. The van der Waals surface area contributed by atoms with Gasteiger partial charge in [-0.3, -0.25) is 4.21 Å². The summed E-state index contributed by atoms with van der Waals surface area (Å²) in [5, 5.41) is 11.0. The minimum absolute atomic E-state index is 0.336. The Kier molecular flexibility index (Phi) is 3.97. The minimum atomic E-state index is -0.749. The van der Waals surface area contributed by atoms with Crippen molar-refractivity contribution in [3.63, 3.8) is 0 Å². The van der Waals surface area contributed by atoms with E-state index in [0.29, 0.717) is 24.7 Å². The number of tetrazole rings is 1. The van der Waals surface area contributed by atoms with Crippen molar-refractivity contribution < 1.29 is 4.21 Å². The third-order valence-electron chi connectivity index (χ3n) is 1.59. The maximum absolute atomic E-state index is 10.8. The minimum Gasteiger partial charge on any atom is -0.324 e. The van der Waals surface area contributed by atoms with Gasteiger partial charge in [-0.2, -0.15) is 0 Å². The van der Waals surface area contributed by atoms with Gasteiger partial charge in [0.25, 0.3) is 0 Å². The molecule has 0 amide bonds. The second-order valence-electron chi connectivity index (χ2n) is 2.65. The van der Waals surface area contributed by atoms with Gasteiger partial charge >= 0.3 is 0 Å². The lowest BCUT2D eigenvalue weighted by Gasteiger charge is -2.00. The molecule has 1 heterocycles. The predicted molar refractivity (Wildman–Crippen MR) is 49.3 cm³/mol. The Morgan fingerprint density at radius 2 is 2.38 bits per heavy atom. The van der Waals surface area contributed by atoms with Gasteiger partial charge in [-0.1, -0.05) is 0 Å². The fraction of sp³-hybridized carbons (Fsp3) is 0.833. The van der Waals surface area contributed by atoms with E-state index >= 15 is 0 Å². The van der Waals surface area contributed by atoms with Crippen molar-refractivity contribution in [1.82, 2.24) is 20.2 Å². The molecule has 1 rings (SSSR count). The van der Waals surface area contributed by atoms with E-state index in [1.807, 2.05) is 0 Å². The first-order valence-electron chi connectivity index (χ1n) is 3.99. The number of hydrogen-bond donors (Lipinski definition) is 1. The van der Waals surface area contributed by atoms with E-state index in [1.165, 1.54) is 0 Å². The van der Waals surface area contributed by atoms with Crippen molar-refractivity contribution in [3.8, 4) is 0 Å². The summed E-state index contributed by atoms with van der Waals surface area (Å²) in [6.07, 6.45) is 2.49. The molecule has 0 radical (unpaired) electrons. The first-order valence-corrected chi connectivity index (χ1v) is 5.72. The van der Waals surface area contributed by atoms with Crippen LogP contribution in [0, 0.1) is 0 Å². The summed E-state index contributed by atoms with van der Waals surface area (Å²) in [7, 11) is -0.749. The van der Waals surface area contributed by atoms with Gasteiger partial charge in [-0.25, -0.2) is 4.68 Å². The van der Waals surface area contributed by atoms with E-state index in [-0.39, 0.29) is 0 Å². The SMILES string of the molecule is CS(=O)CCCn1nnnc1CN. The molecule has 1 atom stereocenters. The lowest BCUT2D eigenvalue weighted by Crippen LogP contribution is -2.11. The van der Waals surface area contributed by atoms with Crippen LogP contribution in [0.25, 0.3) is 0 Å². The summed E-state index contributed by atoms with van der Waals surface area (Å²) >= 11 is 0. The van der Waals surface area contributed by atoms with E-state index in [9.17, 15) is 4.21 Å². The van der Waals surface area contributed by atoms with E-state index in [0.717, 1.165) is 6.42 Å². The van der Waals surface area contributed by atoms with Crippen molar-refractivity contribution in [2.75, 3.05) is 12.0 Å². The van der Waals surface area contributed by atoms with Gasteiger partial charge in [0.15, 0.2) is 5.82 Å². The van der Waals surface area contributed by atoms with Crippen LogP contribution in [0.2, 0.25) is 0 Å². The highest BCUT2D eigenvalue weighted by Crippen LogP contribution is 1.93. The Hall–Kier alpha value is -0.820. The second kappa shape index (κ2) is 5.03. The molecule has 13 heavy (non-hydrogen) atoms. The van der Waals surface area contributed by atoms with Crippen LogP contribution in [0.15, 0.2) is 0 Å². The molecular formula is C6H13N5OS. The van der Waals surface area contributed by atoms with E-state index in [2.05, 4.69) is 15.5 Å². The summed E-state index contributed by atoms with van der Waals surface area (Å²) < 4.78 is 12.4. The highest BCUT2D eigenvalue weighted by molar-refractivity contribution is 7.84. The van der Waals surface area contributed by atoms with Gasteiger partial charge in [0, 0.05) is 29.4 Å². The average molecular weight is 203 g/mol. The first-order chi connectivity index (χ1) is 6.24. The van der Waals surface area contributed by atoms with Crippen molar-refractivity contribution in [2.24, 2.45) is 5.73 Å². The normalized spacial score (nSPS) is 13.1. The smallest absolute Gasteiger partial charge is 0.164 e. The summed E-state index contributed by atoms with van der Waals surface area (Å²) in [6.45, 7) is 1.02. The number of hydrogen-bond acceptors (Lipinski definition) is 5. The third kappa shape index (κ3) is 3.19. The molecule has 0 aliphatic rings. The van der Waals surface area contributed by atoms with Gasteiger partial charge in [0.1, 0.15) is 0 Å². The maximum atomic E-state index is 10.8. The zero-order valence-corrected chi connectivity index (χ0v) is 8.33. The lowest BCUT2D eigenvalue weighted by atomic mass is 10.5. The highest BCUT2D eigenvalue weighted by Gasteiger charge is 2.02. The van der Waals surface area contributed by atoms with Crippen LogP contribution < -0.4 is 5.73 Å². The van der Waals surface area contributed by atoms with Crippen molar-refractivity contribution in [2.45, 2.75) is 19.5 Å². The van der Waals surface area contributed by atoms with Gasteiger partial charge in [0.05, 0.1) is 6.54 Å². The van der Waals surface area contributed by atoms with Gasteiger partial charge in [-0.15, -0.1) is 5.10 Å². The Labute approximate surface area is 79.0 Å². The number of nitrogens with zero attached hydrogens (tertiary/aromatic N) is 4. The molecule has 2 N–H and O–H groups in total. The maximum Gasteiger partial charge on any atom is 0.164 e. The molecule has 0 aromatic carbocycles. The third-order valence-corrected chi connectivity index (χ3v) is 2.45.